The van der Waals surface area contributed by atoms with E-state index in [9.17, 15) is 9.90 Å². The molecule has 0 aromatic heterocycles. The van der Waals surface area contributed by atoms with E-state index in [1.807, 2.05) is 0 Å². The molecular weight excluding hydrogens is 168 g/mol. The van der Waals surface area contributed by atoms with Crippen LogP contribution >= 0.6 is 0 Å². The summed E-state index contributed by atoms with van der Waals surface area (Å²) in [4.78, 5) is 10.2. The summed E-state index contributed by atoms with van der Waals surface area (Å²) in [6.45, 7) is 2.15. The van der Waals surface area contributed by atoms with E-state index in [1.54, 1.807) is 0 Å². The molecule has 0 fully saturated rings. The lowest BCUT2D eigenvalue weighted by Crippen LogP contribution is -2.17. The van der Waals surface area contributed by atoms with Gasteiger partial charge in [-0.3, -0.25) is 0 Å². The third-order valence-corrected chi connectivity index (χ3v) is 2.10. The molecule has 0 aliphatic rings. The molecule has 0 saturated heterocycles. The molecule has 77 valence electrons. The fourth-order valence-electron chi connectivity index (χ4n) is 1.23. The van der Waals surface area contributed by atoms with Crippen LogP contribution in [0.4, 0.5) is 0 Å². The second-order valence-corrected chi connectivity index (χ2v) is 3.38. The Morgan fingerprint density at radius 1 is 1.15 bits per heavy atom. The largest absolute Gasteiger partial charge is 0.479 e. The summed E-state index contributed by atoms with van der Waals surface area (Å²) in [5.74, 6) is -1.21. The van der Waals surface area contributed by atoms with Gasteiger partial charge in [0.2, 0.25) is 0 Å². The Hall–Kier alpha value is -0.570. The second-order valence-electron chi connectivity index (χ2n) is 3.38. The Balaban J connectivity index is 3.11. The molecule has 0 rings (SSSR count). The molecule has 0 heterocycles. The molecule has 0 aromatic rings. The Bertz CT molecular complexity index is 134. The lowest BCUT2D eigenvalue weighted by molar-refractivity contribution is -0.150. The van der Waals surface area contributed by atoms with Crippen LogP contribution in [-0.4, -0.2) is 17.2 Å². The lowest BCUT2D eigenvalue weighted by atomic mass is 10.1. The molecular formula is C10H19O3. The van der Waals surface area contributed by atoms with Crippen LogP contribution in [0.1, 0.15) is 51.9 Å². The summed E-state index contributed by atoms with van der Waals surface area (Å²) < 4.78 is 0. The minimum absolute atomic E-state index is 0.279. The topological polar surface area (TPSA) is 57.2 Å². The highest BCUT2D eigenvalue weighted by Gasteiger charge is 2.13. The first-order chi connectivity index (χ1) is 6.18. The van der Waals surface area contributed by atoms with Crippen LogP contribution in [0.5, 0.6) is 0 Å². The van der Waals surface area contributed by atoms with Crippen LogP contribution < -0.4 is 0 Å². The predicted molar refractivity (Wildman–Crippen MR) is 50.1 cm³/mol. The first kappa shape index (κ1) is 12.4. The van der Waals surface area contributed by atoms with Gasteiger partial charge in [-0.05, 0) is 6.42 Å². The number of carboxylic acid groups (broad SMARTS) is 1. The van der Waals surface area contributed by atoms with Gasteiger partial charge in [-0.2, -0.15) is 0 Å². The van der Waals surface area contributed by atoms with E-state index < -0.39 is 12.1 Å². The van der Waals surface area contributed by atoms with Crippen molar-refractivity contribution in [3.63, 3.8) is 0 Å². The normalized spacial score (nSPS) is 12.8. The summed E-state index contributed by atoms with van der Waals surface area (Å²) in [5.41, 5.74) is 0. The Labute approximate surface area is 79.8 Å². The summed E-state index contributed by atoms with van der Waals surface area (Å²) in [5, 5.41) is 19.0. The van der Waals surface area contributed by atoms with Crippen LogP contribution in [0.3, 0.4) is 0 Å². The first-order valence-electron chi connectivity index (χ1n) is 5.07. The van der Waals surface area contributed by atoms with Gasteiger partial charge in [-0.25, -0.2) is 9.90 Å². The number of hydrogen-bond donors (Lipinski definition) is 1. The number of carboxylic acids is 1. The van der Waals surface area contributed by atoms with Gasteiger partial charge in [0.15, 0.2) is 6.10 Å². The molecule has 0 saturated carbocycles. The maximum atomic E-state index is 10.7. The third kappa shape index (κ3) is 7.78. The summed E-state index contributed by atoms with van der Waals surface area (Å²) >= 11 is 0. The Kier molecular flexibility index (Phi) is 7.69. The SMILES string of the molecule is CCCCCCCCC([O])C(=O)O. The molecule has 3 heteroatoms. The molecule has 0 bridgehead atoms. The Morgan fingerprint density at radius 2 is 1.69 bits per heavy atom. The predicted octanol–water partition coefficient (Wildman–Crippen LogP) is 2.62. The van der Waals surface area contributed by atoms with Crippen molar-refractivity contribution < 1.29 is 15.0 Å². The van der Waals surface area contributed by atoms with Gasteiger partial charge in [0, 0.05) is 0 Å². The number of unbranched alkanes of at least 4 members (excludes halogenated alkanes) is 5. The summed E-state index contributed by atoms with van der Waals surface area (Å²) in [6.07, 6.45) is 5.38. The van der Waals surface area contributed by atoms with Crippen molar-refractivity contribution in [1.82, 2.24) is 0 Å². The standard InChI is InChI=1S/C10H19O3/c1-2-3-4-5-6-7-8-9(11)10(12)13/h9H,2-8H2,1H3,(H,12,13). The molecule has 3 nitrogen and oxygen atoms in total. The van der Waals surface area contributed by atoms with E-state index in [1.165, 1.54) is 19.3 Å². The van der Waals surface area contributed by atoms with Crippen molar-refractivity contribution in [3.05, 3.63) is 0 Å². The second kappa shape index (κ2) is 8.05. The van der Waals surface area contributed by atoms with Gasteiger partial charge >= 0.3 is 5.97 Å². The van der Waals surface area contributed by atoms with E-state index in [-0.39, 0.29) is 6.42 Å². The van der Waals surface area contributed by atoms with E-state index in [0.29, 0.717) is 0 Å². The molecule has 1 radical (unpaired) electrons. The third-order valence-electron chi connectivity index (χ3n) is 2.10. The minimum atomic E-state index is -1.41. The van der Waals surface area contributed by atoms with Crippen molar-refractivity contribution >= 4 is 5.97 Å². The maximum absolute atomic E-state index is 10.7. The number of aliphatic carboxylic acids is 1. The van der Waals surface area contributed by atoms with Crippen LogP contribution in [0.15, 0.2) is 0 Å². The van der Waals surface area contributed by atoms with E-state index in [2.05, 4.69) is 6.92 Å². The highest BCUT2D eigenvalue weighted by Crippen LogP contribution is 2.08. The summed E-state index contributed by atoms with van der Waals surface area (Å²) in [6, 6.07) is 0. The van der Waals surface area contributed by atoms with Gasteiger partial charge in [-0.1, -0.05) is 45.4 Å². The zero-order valence-corrected chi connectivity index (χ0v) is 8.29. The highest BCUT2D eigenvalue weighted by atomic mass is 16.4. The van der Waals surface area contributed by atoms with Crippen molar-refractivity contribution in [2.24, 2.45) is 0 Å². The molecule has 0 aliphatic carbocycles. The zero-order valence-electron chi connectivity index (χ0n) is 8.29. The lowest BCUT2D eigenvalue weighted by Gasteiger charge is -2.02. The van der Waals surface area contributed by atoms with E-state index in [0.717, 1.165) is 19.3 Å². The van der Waals surface area contributed by atoms with Crippen LogP contribution in [0.2, 0.25) is 0 Å². The minimum Gasteiger partial charge on any atom is -0.479 e. The van der Waals surface area contributed by atoms with Crippen LogP contribution in [-0.2, 0) is 9.90 Å². The van der Waals surface area contributed by atoms with Gasteiger partial charge in [0.25, 0.3) is 0 Å². The molecule has 0 aliphatic heterocycles. The van der Waals surface area contributed by atoms with Crippen molar-refractivity contribution in [2.45, 2.75) is 58.0 Å². The molecule has 13 heavy (non-hydrogen) atoms. The molecule has 1 N–H and O–H groups in total. The zero-order chi connectivity index (χ0) is 10.1. The fourth-order valence-corrected chi connectivity index (χ4v) is 1.23. The number of rotatable bonds is 8. The van der Waals surface area contributed by atoms with Crippen LogP contribution in [0, 0.1) is 0 Å². The average molecular weight is 187 g/mol. The highest BCUT2D eigenvalue weighted by molar-refractivity contribution is 5.71. The van der Waals surface area contributed by atoms with Crippen molar-refractivity contribution in [2.75, 3.05) is 0 Å². The quantitative estimate of drug-likeness (QED) is 0.594. The maximum Gasteiger partial charge on any atom is 0.336 e. The smallest absolute Gasteiger partial charge is 0.336 e. The first-order valence-corrected chi connectivity index (χ1v) is 5.07. The number of hydrogen-bond acceptors (Lipinski definition) is 1. The average Bonchev–Trinajstić information content (AvgIpc) is 2.10. The fraction of sp³-hybridized carbons (Fsp3) is 0.900. The van der Waals surface area contributed by atoms with Gasteiger partial charge < -0.3 is 5.11 Å². The van der Waals surface area contributed by atoms with Crippen molar-refractivity contribution in [1.29, 1.82) is 0 Å². The van der Waals surface area contributed by atoms with Gasteiger partial charge in [0.05, 0.1) is 0 Å². The van der Waals surface area contributed by atoms with Gasteiger partial charge in [-0.15, -0.1) is 0 Å². The molecule has 1 atom stereocenters. The van der Waals surface area contributed by atoms with E-state index >= 15 is 0 Å². The number of carbonyl (C=O) groups is 1. The van der Waals surface area contributed by atoms with Gasteiger partial charge in [0.1, 0.15) is 0 Å². The molecule has 0 aromatic carbocycles. The van der Waals surface area contributed by atoms with Crippen molar-refractivity contribution in [3.8, 4) is 0 Å². The summed E-state index contributed by atoms with van der Waals surface area (Å²) in [7, 11) is 0. The molecule has 1 unspecified atom stereocenters. The van der Waals surface area contributed by atoms with Crippen LogP contribution in [0.25, 0.3) is 0 Å². The monoisotopic (exact) mass is 187 g/mol. The van der Waals surface area contributed by atoms with E-state index in [4.69, 9.17) is 5.11 Å². The molecule has 0 spiro atoms. The Morgan fingerprint density at radius 3 is 2.23 bits per heavy atom. The molecule has 0 amide bonds.